The number of aryl methyl sites for hydroxylation is 2. The molecule has 0 aliphatic carbocycles. The fraction of sp³-hybridized carbons (Fsp3) is 0.375. The van der Waals surface area contributed by atoms with Crippen LogP contribution in [0.2, 0.25) is 0 Å². The number of aromatic nitrogens is 2. The van der Waals surface area contributed by atoms with Crippen LogP contribution in [-0.2, 0) is 6.54 Å². The van der Waals surface area contributed by atoms with Crippen LogP contribution < -0.4 is 10.2 Å². The Morgan fingerprint density at radius 1 is 1.09 bits per heavy atom. The molecule has 1 fully saturated rings. The Labute approximate surface area is 193 Å². The highest BCUT2D eigenvalue weighted by Gasteiger charge is 2.34. The van der Waals surface area contributed by atoms with Crippen molar-refractivity contribution in [2.24, 2.45) is 0 Å². The van der Waals surface area contributed by atoms with E-state index in [9.17, 15) is 9.50 Å². The zero-order valence-electron chi connectivity index (χ0n) is 18.2. The van der Waals surface area contributed by atoms with E-state index >= 15 is 0 Å². The highest BCUT2D eigenvalue weighted by atomic mass is 35.5. The molecule has 0 spiro atoms. The summed E-state index contributed by atoms with van der Waals surface area (Å²) in [5.41, 5.74) is 2.63. The normalized spacial score (nSPS) is 15.2. The van der Waals surface area contributed by atoms with Gasteiger partial charge in [0.25, 0.3) is 0 Å². The summed E-state index contributed by atoms with van der Waals surface area (Å²) >= 11 is 0. The van der Waals surface area contributed by atoms with Crippen LogP contribution in [0.1, 0.15) is 29.5 Å². The van der Waals surface area contributed by atoms with E-state index < -0.39 is 12.3 Å². The van der Waals surface area contributed by atoms with Crippen molar-refractivity contribution < 1.29 is 9.50 Å². The topological polar surface area (TPSA) is 65.6 Å². The molecular formula is C24H27ClFN5O. The molecule has 2 N–H and O–H groups in total. The van der Waals surface area contributed by atoms with Gasteiger partial charge in [-0.05, 0) is 36.6 Å². The molecule has 1 aromatic heterocycles. The number of aliphatic hydroxyl groups excluding tert-OH is 1. The molecule has 2 aromatic carbocycles. The summed E-state index contributed by atoms with van der Waals surface area (Å²) in [7, 11) is 0. The van der Waals surface area contributed by atoms with Crippen molar-refractivity contribution >= 4 is 40.5 Å². The number of alkyl halides is 1. The van der Waals surface area contributed by atoms with E-state index in [1.165, 1.54) is 11.1 Å². The molecule has 32 heavy (non-hydrogen) atoms. The molecule has 168 valence electrons. The smallest absolute Gasteiger partial charge is 0.188 e. The number of anilines is 2. The predicted molar refractivity (Wildman–Crippen MR) is 129 cm³/mol. The van der Waals surface area contributed by atoms with Crippen LogP contribution in [0, 0.1) is 20.4 Å². The third kappa shape index (κ3) is 4.77. The van der Waals surface area contributed by atoms with Gasteiger partial charge in [-0.2, -0.15) is 0 Å². The van der Waals surface area contributed by atoms with Gasteiger partial charge in [-0.1, -0.05) is 30.3 Å². The minimum atomic E-state index is -1.52. The zero-order valence-corrected chi connectivity index (χ0v) is 19.0. The summed E-state index contributed by atoms with van der Waals surface area (Å²) in [6, 6.07) is 11.8. The molecule has 1 aliphatic rings. The van der Waals surface area contributed by atoms with E-state index in [0.29, 0.717) is 37.0 Å². The molecule has 8 heteroatoms. The number of rotatable bonds is 5. The van der Waals surface area contributed by atoms with E-state index in [0.717, 1.165) is 16.3 Å². The second-order valence-corrected chi connectivity index (χ2v) is 8.28. The van der Waals surface area contributed by atoms with Gasteiger partial charge in [0.2, 0.25) is 0 Å². The first-order chi connectivity index (χ1) is 14.9. The number of hydrogen-bond donors (Lipinski definition) is 2. The Morgan fingerprint density at radius 2 is 1.84 bits per heavy atom. The first-order valence-electron chi connectivity index (χ1n) is 10.4. The summed E-state index contributed by atoms with van der Waals surface area (Å²) in [6.07, 6.45) is 0.499. The van der Waals surface area contributed by atoms with Gasteiger partial charge in [0.05, 0.1) is 13.2 Å². The molecule has 4 rings (SSSR count). The van der Waals surface area contributed by atoms with Crippen LogP contribution in [0.4, 0.5) is 21.7 Å². The molecule has 3 aromatic rings. The van der Waals surface area contributed by atoms with E-state index in [4.69, 9.17) is 6.57 Å². The molecule has 2 heterocycles. The average Bonchev–Trinajstić information content (AvgIpc) is 2.80. The van der Waals surface area contributed by atoms with Gasteiger partial charge in [-0.15, -0.1) is 22.6 Å². The van der Waals surface area contributed by atoms with E-state index in [2.05, 4.69) is 52.4 Å². The molecular weight excluding hydrogens is 429 g/mol. The number of nitrogens with one attached hydrogen (secondary N) is 1. The number of hydrogen-bond acceptors (Lipinski definition) is 5. The number of aliphatic hydroxyl groups is 1. The number of nitrogens with zero attached hydrogens (tertiary/aromatic N) is 4. The average molecular weight is 456 g/mol. The first kappa shape index (κ1) is 23.7. The largest absolute Gasteiger partial charge is 0.393 e. The molecule has 0 unspecified atom stereocenters. The highest BCUT2D eigenvalue weighted by Crippen LogP contribution is 2.35. The van der Waals surface area contributed by atoms with E-state index in [1.54, 1.807) is 6.07 Å². The third-order valence-corrected chi connectivity index (χ3v) is 6.15. The van der Waals surface area contributed by atoms with Gasteiger partial charge in [-0.25, -0.2) is 9.24 Å². The molecule has 0 amide bonds. The molecule has 0 saturated carbocycles. The summed E-state index contributed by atoms with van der Waals surface area (Å²) in [5.74, 6) is 1.30. The standard InChI is InChI=1S/C24H26FN5O.ClH/c1-16-4-5-18(12-17(16)2)14-27-22-21-13-19(26-3)6-7-20(21)23(29-28-22)30-10-8-24(25,15-31)9-11-30;/h4-7,12-13,31H,8-11,14-15H2,1-2H3,(H,27,28);1H. The van der Waals surface area contributed by atoms with Gasteiger partial charge in [-0.3, -0.25) is 0 Å². The van der Waals surface area contributed by atoms with E-state index in [1.807, 2.05) is 17.0 Å². The molecule has 0 bridgehead atoms. The van der Waals surface area contributed by atoms with Crippen molar-refractivity contribution in [2.75, 3.05) is 29.9 Å². The molecule has 1 aliphatic heterocycles. The molecule has 6 nitrogen and oxygen atoms in total. The summed E-state index contributed by atoms with van der Waals surface area (Å²) in [6.45, 7) is 12.6. The van der Waals surface area contributed by atoms with Gasteiger partial charge >= 0.3 is 0 Å². The minimum Gasteiger partial charge on any atom is -0.393 e. The van der Waals surface area contributed by atoms with Crippen molar-refractivity contribution in [3.63, 3.8) is 0 Å². The van der Waals surface area contributed by atoms with Crippen LogP contribution in [0.5, 0.6) is 0 Å². The number of benzene rings is 2. The molecule has 1 saturated heterocycles. The van der Waals surface area contributed by atoms with Gasteiger partial charge in [0.15, 0.2) is 17.3 Å². The SMILES string of the molecule is Cl.[C-]#[N+]c1ccc2c(N3CCC(F)(CO)CC3)nnc(NCc3ccc(C)c(C)c3)c2c1. The number of halogens is 2. The fourth-order valence-electron chi connectivity index (χ4n) is 3.94. The number of fused-ring (bicyclic) bond motifs is 1. The maximum Gasteiger partial charge on any atom is 0.188 e. The van der Waals surface area contributed by atoms with Gasteiger partial charge < -0.3 is 15.3 Å². The maximum absolute atomic E-state index is 14.4. The molecule has 0 radical (unpaired) electrons. The molecule has 0 atom stereocenters. The van der Waals surface area contributed by atoms with Crippen LogP contribution in [0.25, 0.3) is 15.6 Å². The Hall–Kier alpha value is -2.95. The Balaban J connectivity index is 0.00000289. The summed E-state index contributed by atoms with van der Waals surface area (Å²) in [4.78, 5) is 5.56. The third-order valence-electron chi connectivity index (χ3n) is 6.15. The minimum absolute atomic E-state index is 0. The monoisotopic (exact) mass is 455 g/mol. The number of piperidine rings is 1. The van der Waals surface area contributed by atoms with Crippen molar-refractivity contribution in [3.8, 4) is 0 Å². The van der Waals surface area contributed by atoms with Gasteiger partial charge in [0.1, 0.15) is 5.67 Å². The lowest BCUT2D eigenvalue weighted by molar-refractivity contribution is 0.0480. The van der Waals surface area contributed by atoms with Crippen molar-refractivity contribution in [3.05, 3.63) is 64.5 Å². The second kappa shape index (κ2) is 9.68. The van der Waals surface area contributed by atoms with Crippen molar-refractivity contribution in [2.45, 2.75) is 38.9 Å². The van der Waals surface area contributed by atoms with Crippen molar-refractivity contribution in [1.29, 1.82) is 0 Å². The zero-order chi connectivity index (χ0) is 22.0. The Bertz CT molecular complexity index is 1160. The second-order valence-electron chi connectivity index (χ2n) is 8.28. The lowest BCUT2D eigenvalue weighted by Gasteiger charge is -2.36. The lowest BCUT2D eigenvalue weighted by Crippen LogP contribution is -2.44. The van der Waals surface area contributed by atoms with Crippen LogP contribution >= 0.6 is 12.4 Å². The fourth-order valence-corrected chi connectivity index (χ4v) is 3.94. The first-order valence-corrected chi connectivity index (χ1v) is 10.4. The van der Waals surface area contributed by atoms with Crippen LogP contribution in [0.3, 0.4) is 0 Å². The maximum atomic E-state index is 14.4. The Kier molecular flexibility index (Phi) is 7.17. The van der Waals surface area contributed by atoms with Crippen LogP contribution in [-0.4, -0.2) is 40.7 Å². The highest BCUT2D eigenvalue weighted by molar-refractivity contribution is 6.00. The van der Waals surface area contributed by atoms with Crippen molar-refractivity contribution in [1.82, 2.24) is 10.2 Å². The quantitative estimate of drug-likeness (QED) is 0.522. The Morgan fingerprint density at radius 3 is 2.50 bits per heavy atom. The summed E-state index contributed by atoms with van der Waals surface area (Å²) < 4.78 is 14.4. The summed E-state index contributed by atoms with van der Waals surface area (Å²) in [5, 5.41) is 23.2. The predicted octanol–water partition coefficient (Wildman–Crippen LogP) is 5.13. The van der Waals surface area contributed by atoms with Crippen LogP contribution in [0.15, 0.2) is 36.4 Å². The lowest BCUT2D eigenvalue weighted by atomic mass is 9.94. The van der Waals surface area contributed by atoms with E-state index in [-0.39, 0.29) is 25.2 Å². The van der Waals surface area contributed by atoms with Gasteiger partial charge in [0, 0.05) is 43.2 Å².